The van der Waals surface area contributed by atoms with Crippen LogP contribution in [0.25, 0.3) is 0 Å². The van der Waals surface area contributed by atoms with Crippen molar-refractivity contribution < 1.29 is 29.2 Å². The third-order valence-corrected chi connectivity index (χ3v) is 9.89. The fourth-order valence-corrected chi connectivity index (χ4v) is 8.12. The van der Waals surface area contributed by atoms with Gasteiger partial charge in [-0.3, -0.25) is 33.9 Å². The molecule has 3 heterocycles. The minimum Gasteiger partial charge on any atom is -0.504 e. The molecule has 0 bridgehead atoms. The van der Waals surface area contributed by atoms with Crippen molar-refractivity contribution >= 4 is 57.9 Å². The van der Waals surface area contributed by atoms with E-state index in [0.29, 0.717) is 21.2 Å². The second-order valence-electron chi connectivity index (χ2n) is 9.80. The second kappa shape index (κ2) is 11.0. The number of thioether (sulfide) groups is 1. The quantitative estimate of drug-likeness (QED) is 0.177. The lowest BCUT2D eigenvalue weighted by atomic mass is 9.83. The van der Waals surface area contributed by atoms with Gasteiger partial charge in [0.05, 0.1) is 28.7 Å². The highest BCUT2D eigenvalue weighted by Crippen LogP contribution is 2.54. The number of nitrogens with zero attached hydrogens (tertiary/aromatic N) is 3. The smallest absolute Gasteiger partial charge is 0.308 e. The molecule has 0 spiro atoms. The number of methoxy groups -OCH3 is 1. The molecule has 2 aliphatic rings. The first kappa shape index (κ1) is 28.2. The van der Waals surface area contributed by atoms with Crippen LogP contribution in [0.5, 0.6) is 11.5 Å². The summed E-state index contributed by atoms with van der Waals surface area (Å²) in [6.45, 7) is -0.316. The third-order valence-electron chi connectivity index (χ3n) is 7.29. The highest BCUT2D eigenvalue weighted by molar-refractivity contribution is 8.00. The van der Waals surface area contributed by atoms with E-state index in [0.717, 1.165) is 28.0 Å². The lowest BCUT2D eigenvalue weighted by molar-refractivity contribution is -0.384. The number of para-hydroxylation sites is 1. The molecule has 0 saturated carbocycles. The van der Waals surface area contributed by atoms with Gasteiger partial charge in [-0.25, -0.2) is 4.90 Å². The monoisotopic (exact) mass is 618 g/mol. The number of thiazole rings is 1. The van der Waals surface area contributed by atoms with Crippen LogP contribution in [0, 0.1) is 16.0 Å². The number of hydrogen-bond acceptors (Lipinski definition) is 10. The van der Waals surface area contributed by atoms with E-state index in [9.17, 15) is 34.4 Å². The molecule has 3 aromatic carbocycles. The number of nitrogens with one attached hydrogen (secondary N) is 1. The molecule has 2 unspecified atom stereocenters. The number of aromatic hydroxyl groups is 1. The SMILES string of the molecule is COc1cc([C@@H]2c3sc(=O)n(CC(=O)Nc4ccccc4)c3SC3C(=O)N(c4ccc([N+](=O)[O-])cc4)C(=O)C32)ccc1O. The van der Waals surface area contributed by atoms with E-state index < -0.39 is 44.6 Å². The van der Waals surface area contributed by atoms with Gasteiger partial charge in [0.2, 0.25) is 17.7 Å². The topological polar surface area (TPSA) is 161 Å². The van der Waals surface area contributed by atoms with Gasteiger partial charge < -0.3 is 15.2 Å². The first-order valence-corrected chi connectivity index (χ1v) is 14.6. The molecule has 6 rings (SSSR count). The number of carbonyl (C=O) groups excluding carboxylic acids is 3. The summed E-state index contributed by atoms with van der Waals surface area (Å²) < 4.78 is 6.60. The first-order valence-electron chi connectivity index (χ1n) is 12.9. The number of carbonyl (C=O) groups is 3. The van der Waals surface area contributed by atoms with Gasteiger partial charge in [-0.15, -0.1) is 0 Å². The van der Waals surface area contributed by atoms with Gasteiger partial charge in [0.25, 0.3) is 5.69 Å². The van der Waals surface area contributed by atoms with E-state index in [-0.39, 0.29) is 29.4 Å². The standard InChI is InChI=1S/C29H22N4O8S2/c1-41-20-13-15(7-12-19(20)34)22-23-24(27(37)32(26(23)36)17-8-10-18(11-9-17)33(39)40)42-28-25(22)43-29(38)31(28)14-21(35)30-16-5-3-2-4-6-16/h2-13,22-24,34H,14H2,1H3,(H,30,35)/t22-,23?,24?/m0/s1. The molecule has 3 atom stereocenters. The minimum absolute atomic E-state index is 0.127. The Morgan fingerprint density at radius 3 is 2.44 bits per heavy atom. The highest BCUT2D eigenvalue weighted by atomic mass is 32.2. The predicted octanol–water partition coefficient (Wildman–Crippen LogP) is 3.97. The number of ether oxygens (including phenoxy) is 1. The predicted molar refractivity (Wildman–Crippen MR) is 159 cm³/mol. The average Bonchev–Trinajstić information content (AvgIpc) is 3.44. The number of phenolic OH excluding ortho intramolecular Hbond substituents is 1. The molecule has 218 valence electrons. The maximum absolute atomic E-state index is 14.0. The van der Waals surface area contributed by atoms with Gasteiger partial charge >= 0.3 is 4.87 Å². The van der Waals surface area contributed by atoms with Crippen LogP contribution in [-0.4, -0.2) is 44.7 Å². The molecule has 4 aromatic rings. The summed E-state index contributed by atoms with van der Waals surface area (Å²) in [5.41, 5.74) is 1.08. The van der Waals surface area contributed by atoms with Crippen LogP contribution < -0.4 is 19.8 Å². The van der Waals surface area contributed by atoms with Gasteiger partial charge in [-0.05, 0) is 42.0 Å². The number of benzene rings is 3. The maximum Gasteiger partial charge on any atom is 0.308 e. The summed E-state index contributed by atoms with van der Waals surface area (Å²) in [4.78, 5) is 65.7. The number of amides is 3. The number of phenols is 1. The Hall–Kier alpha value is -4.95. The van der Waals surface area contributed by atoms with Gasteiger partial charge in [0, 0.05) is 28.6 Å². The van der Waals surface area contributed by atoms with Gasteiger partial charge in [-0.2, -0.15) is 0 Å². The zero-order chi connectivity index (χ0) is 30.4. The number of fused-ring (bicyclic) bond motifs is 2. The lowest BCUT2D eigenvalue weighted by Crippen LogP contribution is -2.33. The number of aromatic nitrogens is 1. The number of non-ortho nitro benzene ring substituents is 1. The Balaban J connectivity index is 1.43. The van der Waals surface area contributed by atoms with Crippen molar-refractivity contribution in [3.63, 3.8) is 0 Å². The van der Waals surface area contributed by atoms with Crippen molar-refractivity contribution in [2.75, 3.05) is 17.3 Å². The van der Waals surface area contributed by atoms with Crippen molar-refractivity contribution in [3.05, 3.63) is 103 Å². The molecule has 2 N–H and O–H groups in total. The van der Waals surface area contributed by atoms with Crippen LogP contribution in [0.15, 0.2) is 82.6 Å². The van der Waals surface area contributed by atoms with Crippen LogP contribution in [0.4, 0.5) is 17.1 Å². The van der Waals surface area contributed by atoms with Gasteiger partial charge in [-0.1, -0.05) is 47.4 Å². The molecule has 14 heteroatoms. The molecular formula is C29H22N4O8S2. The van der Waals surface area contributed by atoms with E-state index in [1.54, 1.807) is 42.5 Å². The van der Waals surface area contributed by atoms with Crippen LogP contribution in [-0.2, 0) is 20.9 Å². The Bertz CT molecular complexity index is 1840. The summed E-state index contributed by atoms with van der Waals surface area (Å²) in [5, 5.41) is 23.6. The van der Waals surface area contributed by atoms with Crippen LogP contribution in [0.1, 0.15) is 16.4 Å². The highest BCUT2D eigenvalue weighted by Gasteiger charge is 2.57. The largest absolute Gasteiger partial charge is 0.504 e. The minimum atomic E-state index is -0.961. The van der Waals surface area contributed by atoms with Gasteiger partial charge in [0.15, 0.2) is 11.5 Å². The van der Waals surface area contributed by atoms with E-state index in [2.05, 4.69) is 5.32 Å². The van der Waals surface area contributed by atoms with E-state index >= 15 is 0 Å². The summed E-state index contributed by atoms with van der Waals surface area (Å²) in [6.07, 6.45) is 0. The molecule has 1 fully saturated rings. The number of nitro benzene ring substituents is 1. The maximum atomic E-state index is 14.0. The number of anilines is 2. The molecule has 12 nitrogen and oxygen atoms in total. The van der Waals surface area contributed by atoms with Crippen molar-refractivity contribution in [2.45, 2.75) is 22.7 Å². The zero-order valence-electron chi connectivity index (χ0n) is 22.3. The molecule has 0 radical (unpaired) electrons. The Labute approximate surface area is 251 Å². The third kappa shape index (κ3) is 4.93. The molecule has 0 aliphatic carbocycles. The van der Waals surface area contributed by atoms with Gasteiger partial charge in [0.1, 0.15) is 11.8 Å². The number of rotatable bonds is 7. The molecule has 2 aliphatic heterocycles. The van der Waals surface area contributed by atoms with Crippen LogP contribution in [0.3, 0.4) is 0 Å². The summed E-state index contributed by atoms with van der Waals surface area (Å²) in [7, 11) is 1.38. The number of nitro groups is 1. The Kier molecular flexibility index (Phi) is 7.23. The molecule has 3 amide bonds. The molecule has 43 heavy (non-hydrogen) atoms. The summed E-state index contributed by atoms with van der Waals surface area (Å²) in [5.74, 6) is -3.24. The van der Waals surface area contributed by atoms with Crippen molar-refractivity contribution in [3.8, 4) is 11.5 Å². The fourth-order valence-electron chi connectivity index (χ4n) is 5.35. The second-order valence-corrected chi connectivity index (χ2v) is 11.9. The van der Waals surface area contributed by atoms with E-state index in [4.69, 9.17) is 4.74 Å². The van der Waals surface area contributed by atoms with Crippen LogP contribution in [0.2, 0.25) is 0 Å². The van der Waals surface area contributed by atoms with Crippen molar-refractivity contribution in [1.82, 2.24) is 4.57 Å². The summed E-state index contributed by atoms with van der Waals surface area (Å²) in [6, 6.07) is 18.4. The number of imide groups is 1. The summed E-state index contributed by atoms with van der Waals surface area (Å²) >= 11 is 1.93. The van der Waals surface area contributed by atoms with E-state index in [1.165, 1.54) is 42.0 Å². The first-order chi connectivity index (χ1) is 20.7. The Morgan fingerprint density at radius 2 is 1.77 bits per heavy atom. The van der Waals surface area contributed by atoms with E-state index in [1.807, 2.05) is 0 Å². The fraction of sp³-hybridized carbons (Fsp3) is 0.172. The normalized spacial score (nSPS) is 19.1. The van der Waals surface area contributed by atoms with Crippen molar-refractivity contribution in [1.29, 1.82) is 0 Å². The molecular weight excluding hydrogens is 596 g/mol. The molecule has 1 aromatic heterocycles. The van der Waals surface area contributed by atoms with Crippen LogP contribution >= 0.6 is 23.1 Å². The number of hydrogen-bond donors (Lipinski definition) is 2. The lowest BCUT2D eigenvalue weighted by Gasteiger charge is -2.31. The molecule has 1 saturated heterocycles. The van der Waals surface area contributed by atoms with Crippen molar-refractivity contribution in [2.24, 2.45) is 5.92 Å². The zero-order valence-corrected chi connectivity index (χ0v) is 24.0. The average molecular weight is 619 g/mol. The Morgan fingerprint density at radius 1 is 1.05 bits per heavy atom.